The number of hydrogen-bond donors (Lipinski definition) is 2. The Morgan fingerprint density at radius 2 is 2.14 bits per heavy atom. The first-order chi connectivity index (χ1) is 10.1. The van der Waals surface area contributed by atoms with Crippen molar-refractivity contribution in [2.45, 2.75) is 6.54 Å². The normalized spacial score (nSPS) is 9.71. The molecular weight excluding hydrogens is 268 g/mol. The van der Waals surface area contributed by atoms with Crippen molar-refractivity contribution >= 4 is 5.91 Å². The fourth-order valence-electron chi connectivity index (χ4n) is 1.82. The average molecular weight is 282 g/mol. The van der Waals surface area contributed by atoms with Crippen molar-refractivity contribution in [3.05, 3.63) is 59.2 Å². The second-order valence-electron chi connectivity index (χ2n) is 4.37. The van der Waals surface area contributed by atoms with E-state index in [0.717, 1.165) is 0 Å². The number of phenolic OH excluding ortho intramolecular Hbond substituents is 1. The van der Waals surface area contributed by atoms with Gasteiger partial charge in [0, 0.05) is 17.7 Å². The quantitative estimate of drug-likeness (QED) is 0.900. The largest absolute Gasteiger partial charge is 0.508 e. The molecule has 2 aromatic carbocycles. The van der Waals surface area contributed by atoms with Gasteiger partial charge in [-0.25, -0.2) is 0 Å². The van der Waals surface area contributed by atoms with E-state index in [-0.39, 0.29) is 18.2 Å². The van der Waals surface area contributed by atoms with Gasteiger partial charge in [0.15, 0.2) is 0 Å². The van der Waals surface area contributed by atoms with Crippen LogP contribution in [0.15, 0.2) is 42.5 Å². The number of hydrogen-bond acceptors (Lipinski definition) is 4. The molecule has 0 saturated carbocycles. The molecule has 0 saturated heterocycles. The van der Waals surface area contributed by atoms with Crippen LogP contribution in [0.5, 0.6) is 11.5 Å². The van der Waals surface area contributed by atoms with E-state index >= 15 is 0 Å². The molecule has 0 bridgehead atoms. The molecule has 0 radical (unpaired) electrons. The molecular formula is C16H14N2O3. The molecule has 0 heterocycles. The topological polar surface area (TPSA) is 82.3 Å². The number of aromatic hydroxyl groups is 1. The number of methoxy groups -OCH3 is 1. The molecule has 0 fully saturated rings. The number of nitriles is 1. The van der Waals surface area contributed by atoms with Crippen molar-refractivity contribution in [1.29, 1.82) is 5.26 Å². The van der Waals surface area contributed by atoms with Gasteiger partial charge in [-0.3, -0.25) is 4.79 Å². The number of amides is 1. The molecule has 2 rings (SSSR count). The number of phenols is 1. The Morgan fingerprint density at radius 1 is 1.33 bits per heavy atom. The van der Waals surface area contributed by atoms with Crippen molar-refractivity contribution in [1.82, 2.24) is 5.32 Å². The average Bonchev–Trinajstić information content (AvgIpc) is 2.53. The highest BCUT2D eigenvalue weighted by molar-refractivity contribution is 5.94. The van der Waals surface area contributed by atoms with E-state index in [0.29, 0.717) is 22.4 Å². The van der Waals surface area contributed by atoms with Crippen LogP contribution in [0.4, 0.5) is 0 Å². The first-order valence-electron chi connectivity index (χ1n) is 6.28. The van der Waals surface area contributed by atoms with E-state index < -0.39 is 0 Å². The van der Waals surface area contributed by atoms with Crippen molar-refractivity contribution in [2.75, 3.05) is 7.11 Å². The Bertz CT molecular complexity index is 705. The number of benzene rings is 2. The van der Waals surface area contributed by atoms with Crippen LogP contribution in [0.2, 0.25) is 0 Å². The third-order valence-corrected chi connectivity index (χ3v) is 2.99. The Morgan fingerprint density at radius 3 is 2.81 bits per heavy atom. The Kier molecular flexibility index (Phi) is 4.42. The van der Waals surface area contributed by atoms with Crippen LogP contribution in [0.1, 0.15) is 21.5 Å². The summed E-state index contributed by atoms with van der Waals surface area (Å²) in [6, 6.07) is 13.3. The van der Waals surface area contributed by atoms with Crippen LogP contribution in [-0.2, 0) is 6.54 Å². The molecule has 0 atom stereocenters. The first kappa shape index (κ1) is 14.4. The van der Waals surface area contributed by atoms with Crippen LogP contribution in [0.3, 0.4) is 0 Å². The second kappa shape index (κ2) is 6.44. The van der Waals surface area contributed by atoms with Crippen molar-refractivity contribution in [3.8, 4) is 17.6 Å². The van der Waals surface area contributed by atoms with Gasteiger partial charge < -0.3 is 15.2 Å². The lowest BCUT2D eigenvalue weighted by Gasteiger charge is -2.08. The Hall–Kier alpha value is -3.00. The Labute approximate surface area is 122 Å². The van der Waals surface area contributed by atoms with Gasteiger partial charge in [0.25, 0.3) is 5.91 Å². The predicted molar refractivity (Wildman–Crippen MR) is 77.0 cm³/mol. The lowest BCUT2D eigenvalue weighted by atomic mass is 10.1. The van der Waals surface area contributed by atoms with E-state index in [1.807, 2.05) is 6.07 Å². The van der Waals surface area contributed by atoms with Gasteiger partial charge in [-0.05, 0) is 30.3 Å². The molecule has 0 aliphatic carbocycles. The van der Waals surface area contributed by atoms with E-state index in [9.17, 15) is 9.90 Å². The summed E-state index contributed by atoms with van der Waals surface area (Å²) < 4.78 is 5.06. The maximum Gasteiger partial charge on any atom is 0.251 e. The molecule has 5 heteroatoms. The maximum absolute atomic E-state index is 12.0. The second-order valence-corrected chi connectivity index (χ2v) is 4.37. The summed E-state index contributed by atoms with van der Waals surface area (Å²) in [5, 5.41) is 21.2. The molecule has 1 amide bonds. The van der Waals surface area contributed by atoms with Crippen molar-refractivity contribution in [3.63, 3.8) is 0 Å². The zero-order chi connectivity index (χ0) is 15.2. The van der Waals surface area contributed by atoms with Gasteiger partial charge in [0.05, 0.1) is 18.7 Å². The summed E-state index contributed by atoms with van der Waals surface area (Å²) in [5.74, 6) is 0.321. The fourth-order valence-corrected chi connectivity index (χ4v) is 1.82. The molecule has 0 aliphatic heterocycles. The van der Waals surface area contributed by atoms with E-state index in [4.69, 9.17) is 10.00 Å². The van der Waals surface area contributed by atoms with Gasteiger partial charge in [0.2, 0.25) is 0 Å². The zero-order valence-corrected chi connectivity index (χ0v) is 11.5. The summed E-state index contributed by atoms with van der Waals surface area (Å²) in [6.45, 7) is 0.174. The van der Waals surface area contributed by atoms with Crippen LogP contribution in [-0.4, -0.2) is 18.1 Å². The zero-order valence-electron chi connectivity index (χ0n) is 11.5. The van der Waals surface area contributed by atoms with Crippen molar-refractivity contribution < 1.29 is 14.6 Å². The highest BCUT2D eigenvalue weighted by atomic mass is 16.5. The lowest BCUT2D eigenvalue weighted by Crippen LogP contribution is -2.22. The minimum atomic E-state index is -0.266. The number of carbonyl (C=O) groups excluding carboxylic acids is 1. The smallest absolute Gasteiger partial charge is 0.251 e. The SMILES string of the molecule is COc1cccc(C(=O)NCc2ccc(C#N)cc2O)c1. The van der Waals surface area contributed by atoms with Crippen LogP contribution in [0, 0.1) is 11.3 Å². The number of carbonyl (C=O) groups is 1. The van der Waals surface area contributed by atoms with Gasteiger partial charge in [0.1, 0.15) is 11.5 Å². The molecule has 0 spiro atoms. The number of nitrogens with zero attached hydrogens (tertiary/aromatic N) is 1. The maximum atomic E-state index is 12.0. The number of ether oxygens (including phenoxy) is 1. The minimum absolute atomic E-state index is 0.0139. The lowest BCUT2D eigenvalue weighted by molar-refractivity contribution is 0.0950. The van der Waals surface area contributed by atoms with Gasteiger partial charge in [-0.15, -0.1) is 0 Å². The van der Waals surface area contributed by atoms with Gasteiger partial charge in [-0.2, -0.15) is 5.26 Å². The van der Waals surface area contributed by atoms with Crippen LogP contribution >= 0.6 is 0 Å². The van der Waals surface area contributed by atoms with Crippen LogP contribution < -0.4 is 10.1 Å². The molecule has 21 heavy (non-hydrogen) atoms. The minimum Gasteiger partial charge on any atom is -0.508 e. The predicted octanol–water partition coefficient (Wildman–Crippen LogP) is 2.20. The third-order valence-electron chi connectivity index (χ3n) is 2.99. The molecule has 2 aromatic rings. The standard InChI is InChI=1S/C16H14N2O3/c1-21-14-4-2-3-12(8-14)16(20)18-10-13-6-5-11(9-17)7-15(13)19/h2-8,19H,10H2,1H3,(H,18,20). The van der Waals surface area contributed by atoms with Gasteiger partial charge >= 0.3 is 0 Å². The summed E-state index contributed by atoms with van der Waals surface area (Å²) in [5.41, 5.74) is 1.39. The fraction of sp³-hybridized carbons (Fsp3) is 0.125. The number of nitrogens with one attached hydrogen (secondary N) is 1. The summed E-state index contributed by atoms with van der Waals surface area (Å²) in [6.07, 6.45) is 0. The van der Waals surface area contributed by atoms with E-state index in [2.05, 4.69) is 5.32 Å². The van der Waals surface area contributed by atoms with E-state index in [1.165, 1.54) is 13.2 Å². The van der Waals surface area contributed by atoms with Crippen LogP contribution in [0.25, 0.3) is 0 Å². The molecule has 106 valence electrons. The monoisotopic (exact) mass is 282 g/mol. The molecule has 5 nitrogen and oxygen atoms in total. The molecule has 0 unspecified atom stereocenters. The number of rotatable bonds is 4. The summed E-state index contributed by atoms with van der Waals surface area (Å²) in [4.78, 5) is 12.0. The van der Waals surface area contributed by atoms with Gasteiger partial charge in [-0.1, -0.05) is 12.1 Å². The molecule has 0 aromatic heterocycles. The third kappa shape index (κ3) is 3.51. The first-order valence-corrected chi connectivity index (χ1v) is 6.28. The highest BCUT2D eigenvalue weighted by Gasteiger charge is 2.08. The molecule has 0 aliphatic rings. The summed E-state index contributed by atoms with van der Waals surface area (Å²) in [7, 11) is 1.53. The Balaban J connectivity index is 2.05. The summed E-state index contributed by atoms with van der Waals surface area (Å²) >= 11 is 0. The van der Waals surface area contributed by atoms with Crippen molar-refractivity contribution in [2.24, 2.45) is 0 Å². The highest BCUT2D eigenvalue weighted by Crippen LogP contribution is 2.18. The molecule has 2 N–H and O–H groups in total. The van der Waals surface area contributed by atoms with E-state index in [1.54, 1.807) is 36.4 Å².